The summed E-state index contributed by atoms with van der Waals surface area (Å²) in [5.41, 5.74) is 1.94. The number of aromatic nitrogens is 2. The summed E-state index contributed by atoms with van der Waals surface area (Å²) >= 11 is 0. The molecule has 116 valence electrons. The molecule has 0 saturated carbocycles. The van der Waals surface area contributed by atoms with Crippen LogP contribution in [0.2, 0.25) is 0 Å². The summed E-state index contributed by atoms with van der Waals surface area (Å²) in [4.78, 5) is 13.8. The maximum absolute atomic E-state index is 14.1. The second-order valence-electron chi connectivity index (χ2n) is 5.68. The number of rotatable bonds is 2. The lowest BCUT2D eigenvalue weighted by atomic mass is 10.2. The number of benzene rings is 2. The second-order valence-corrected chi connectivity index (χ2v) is 5.68. The van der Waals surface area contributed by atoms with Gasteiger partial charge in [-0.1, -0.05) is 18.2 Å². The van der Waals surface area contributed by atoms with Gasteiger partial charge < -0.3 is 5.32 Å². The SMILES string of the molecule is C[C@H]1CN(c2cccc3c2cnn3-c2ccccc2F)C(=O)N1. The molecule has 1 N–H and O–H groups in total. The van der Waals surface area contributed by atoms with Crippen molar-refractivity contribution in [3.05, 3.63) is 54.5 Å². The van der Waals surface area contributed by atoms with Gasteiger partial charge in [0.15, 0.2) is 0 Å². The number of nitrogens with zero attached hydrogens (tertiary/aromatic N) is 3. The number of carbonyl (C=O) groups is 1. The molecule has 0 spiro atoms. The Bertz CT molecular complexity index is 904. The number of hydrogen-bond acceptors (Lipinski definition) is 2. The molecule has 5 nitrogen and oxygen atoms in total. The molecule has 1 aliphatic rings. The summed E-state index contributed by atoms with van der Waals surface area (Å²) in [7, 11) is 0. The van der Waals surface area contributed by atoms with Crippen molar-refractivity contribution in [2.24, 2.45) is 0 Å². The minimum atomic E-state index is -0.338. The summed E-state index contributed by atoms with van der Waals surface area (Å²) < 4.78 is 15.6. The standard InChI is InChI=1S/C17H15FN4O/c1-11-10-21(17(23)20-11)14-7-4-8-15-12(14)9-19-22(15)16-6-3-2-5-13(16)18/h2-9,11H,10H2,1H3,(H,20,23)/t11-/m0/s1. The summed E-state index contributed by atoms with van der Waals surface area (Å²) in [5, 5.41) is 8.02. The molecule has 0 bridgehead atoms. The highest BCUT2D eigenvalue weighted by atomic mass is 19.1. The van der Waals surface area contributed by atoms with Gasteiger partial charge in [0.2, 0.25) is 0 Å². The lowest BCUT2D eigenvalue weighted by Crippen LogP contribution is -2.28. The molecule has 2 amide bonds. The van der Waals surface area contributed by atoms with Gasteiger partial charge in [-0.15, -0.1) is 0 Å². The summed E-state index contributed by atoms with van der Waals surface area (Å²) in [6.07, 6.45) is 1.67. The molecule has 1 aromatic heterocycles. The van der Waals surface area contributed by atoms with Crippen LogP contribution in [0, 0.1) is 5.82 Å². The van der Waals surface area contributed by atoms with Crippen LogP contribution < -0.4 is 10.2 Å². The van der Waals surface area contributed by atoms with E-state index in [4.69, 9.17) is 0 Å². The maximum atomic E-state index is 14.1. The minimum absolute atomic E-state index is 0.0966. The number of amides is 2. The van der Waals surface area contributed by atoms with Crippen molar-refractivity contribution >= 4 is 22.6 Å². The molecular formula is C17H15FN4O. The van der Waals surface area contributed by atoms with Crippen molar-refractivity contribution < 1.29 is 9.18 Å². The van der Waals surface area contributed by atoms with E-state index in [9.17, 15) is 9.18 Å². The highest BCUT2D eigenvalue weighted by molar-refractivity contribution is 6.03. The van der Waals surface area contributed by atoms with Crippen molar-refractivity contribution in [2.75, 3.05) is 11.4 Å². The number of nitrogens with one attached hydrogen (secondary N) is 1. The van der Waals surface area contributed by atoms with E-state index in [0.29, 0.717) is 12.2 Å². The number of carbonyl (C=O) groups excluding carboxylic acids is 1. The first kappa shape index (κ1) is 13.8. The second kappa shape index (κ2) is 5.08. The van der Waals surface area contributed by atoms with E-state index >= 15 is 0 Å². The first-order chi connectivity index (χ1) is 11.1. The zero-order valence-electron chi connectivity index (χ0n) is 12.5. The number of urea groups is 1. The average molecular weight is 310 g/mol. The molecule has 1 saturated heterocycles. The highest BCUT2D eigenvalue weighted by Gasteiger charge is 2.28. The zero-order valence-corrected chi connectivity index (χ0v) is 12.5. The number of anilines is 1. The molecular weight excluding hydrogens is 295 g/mol. The Hall–Kier alpha value is -2.89. The van der Waals surface area contributed by atoms with E-state index in [-0.39, 0.29) is 17.9 Å². The summed E-state index contributed by atoms with van der Waals surface area (Å²) in [6.45, 7) is 2.56. The molecule has 0 unspecified atom stereocenters. The Morgan fingerprint density at radius 1 is 1.17 bits per heavy atom. The molecule has 0 aliphatic carbocycles. The van der Waals surface area contributed by atoms with Gasteiger partial charge in [-0.05, 0) is 31.2 Å². The van der Waals surface area contributed by atoms with Gasteiger partial charge in [0.1, 0.15) is 11.5 Å². The Balaban J connectivity index is 1.88. The van der Waals surface area contributed by atoms with Crippen LogP contribution in [0.4, 0.5) is 14.9 Å². The molecule has 1 atom stereocenters. The van der Waals surface area contributed by atoms with Crippen LogP contribution in [0.25, 0.3) is 16.6 Å². The van der Waals surface area contributed by atoms with Gasteiger partial charge in [0.25, 0.3) is 0 Å². The fourth-order valence-corrected chi connectivity index (χ4v) is 2.99. The molecule has 0 radical (unpaired) electrons. The van der Waals surface area contributed by atoms with E-state index in [1.165, 1.54) is 6.07 Å². The van der Waals surface area contributed by atoms with E-state index in [1.54, 1.807) is 34.0 Å². The Kier molecular flexibility index (Phi) is 3.04. The van der Waals surface area contributed by atoms with Gasteiger partial charge in [-0.25, -0.2) is 13.9 Å². The monoisotopic (exact) mass is 310 g/mol. The van der Waals surface area contributed by atoms with E-state index in [0.717, 1.165) is 16.6 Å². The Morgan fingerprint density at radius 2 is 1.96 bits per heavy atom. The van der Waals surface area contributed by atoms with Gasteiger partial charge >= 0.3 is 6.03 Å². The van der Waals surface area contributed by atoms with Crippen LogP contribution in [0.1, 0.15) is 6.92 Å². The predicted octanol–water partition coefficient (Wildman–Crippen LogP) is 3.08. The van der Waals surface area contributed by atoms with Crippen molar-refractivity contribution in [3.63, 3.8) is 0 Å². The van der Waals surface area contributed by atoms with E-state index < -0.39 is 0 Å². The highest BCUT2D eigenvalue weighted by Crippen LogP contribution is 2.30. The first-order valence-electron chi connectivity index (χ1n) is 7.45. The third-order valence-electron chi connectivity index (χ3n) is 4.03. The molecule has 6 heteroatoms. The average Bonchev–Trinajstić information content (AvgIpc) is 3.11. The molecule has 1 fully saturated rings. The fourth-order valence-electron chi connectivity index (χ4n) is 2.99. The zero-order chi connectivity index (χ0) is 16.0. The van der Waals surface area contributed by atoms with Crippen molar-refractivity contribution in [1.29, 1.82) is 0 Å². The van der Waals surface area contributed by atoms with Gasteiger partial charge in [-0.3, -0.25) is 4.90 Å². The third kappa shape index (κ3) is 2.14. The normalized spacial score (nSPS) is 17.7. The fraction of sp³-hybridized carbons (Fsp3) is 0.176. The first-order valence-corrected chi connectivity index (χ1v) is 7.45. The summed E-state index contributed by atoms with van der Waals surface area (Å²) in [6, 6.07) is 12.1. The van der Waals surface area contributed by atoms with Crippen molar-refractivity contribution in [1.82, 2.24) is 15.1 Å². The van der Waals surface area contributed by atoms with Crippen LogP contribution >= 0.6 is 0 Å². The topological polar surface area (TPSA) is 50.2 Å². The van der Waals surface area contributed by atoms with Gasteiger partial charge in [0, 0.05) is 18.0 Å². The largest absolute Gasteiger partial charge is 0.333 e. The molecule has 2 heterocycles. The molecule has 1 aliphatic heterocycles. The number of halogens is 1. The number of para-hydroxylation sites is 1. The minimum Gasteiger partial charge on any atom is -0.333 e. The summed E-state index contributed by atoms with van der Waals surface area (Å²) in [5.74, 6) is -0.338. The van der Waals surface area contributed by atoms with Crippen LogP contribution in [0.15, 0.2) is 48.7 Å². The van der Waals surface area contributed by atoms with Crippen molar-refractivity contribution in [2.45, 2.75) is 13.0 Å². The van der Waals surface area contributed by atoms with Crippen LogP contribution in [0.5, 0.6) is 0 Å². The quantitative estimate of drug-likeness (QED) is 0.791. The van der Waals surface area contributed by atoms with Gasteiger partial charge in [-0.2, -0.15) is 5.10 Å². The van der Waals surface area contributed by atoms with E-state index in [2.05, 4.69) is 10.4 Å². The maximum Gasteiger partial charge on any atom is 0.322 e. The van der Waals surface area contributed by atoms with Crippen molar-refractivity contribution in [3.8, 4) is 5.69 Å². The molecule has 23 heavy (non-hydrogen) atoms. The molecule has 4 rings (SSSR count). The number of hydrogen-bond donors (Lipinski definition) is 1. The molecule has 3 aromatic rings. The molecule has 2 aromatic carbocycles. The van der Waals surface area contributed by atoms with Gasteiger partial charge in [0.05, 0.1) is 17.4 Å². The predicted molar refractivity (Wildman–Crippen MR) is 86.4 cm³/mol. The Morgan fingerprint density at radius 3 is 2.70 bits per heavy atom. The van der Waals surface area contributed by atoms with Crippen LogP contribution in [-0.4, -0.2) is 28.4 Å². The third-order valence-corrected chi connectivity index (χ3v) is 4.03. The number of fused-ring (bicyclic) bond motifs is 1. The van der Waals surface area contributed by atoms with Crippen LogP contribution in [-0.2, 0) is 0 Å². The smallest absolute Gasteiger partial charge is 0.322 e. The van der Waals surface area contributed by atoms with E-state index in [1.807, 2.05) is 25.1 Å². The van der Waals surface area contributed by atoms with Crippen LogP contribution in [0.3, 0.4) is 0 Å². The Labute approximate surface area is 132 Å². The lowest BCUT2D eigenvalue weighted by molar-refractivity contribution is 0.251. The lowest BCUT2D eigenvalue weighted by Gasteiger charge is -2.15.